The molecule has 1 aromatic heterocycles. The number of aliphatic carboxylic acids is 1. The molecule has 0 atom stereocenters. The maximum atomic E-state index is 12.0. The van der Waals surface area contributed by atoms with Gasteiger partial charge in [-0.3, -0.25) is 9.59 Å². The van der Waals surface area contributed by atoms with Gasteiger partial charge in [0.25, 0.3) is 0 Å². The quantitative estimate of drug-likeness (QED) is 0.833. The third kappa shape index (κ3) is 3.71. The average Bonchev–Trinajstić information content (AvgIpc) is 2.95. The zero-order chi connectivity index (χ0) is 15.3. The van der Waals surface area contributed by atoms with Crippen molar-refractivity contribution in [3.63, 3.8) is 0 Å². The summed E-state index contributed by atoms with van der Waals surface area (Å²) in [7, 11) is 1.54. The van der Waals surface area contributed by atoms with Crippen LogP contribution in [0.4, 0.5) is 0 Å². The van der Waals surface area contributed by atoms with E-state index >= 15 is 0 Å². The number of nitrogens with zero attached hydrogens (tertiary/aromatic N) is 1. The van der Waals surface area contributed by atoms with E-state index < -0.39 is 11.4 Å². The lowest BCUT2D eigenvalue weighted by molar-refractivity contribution is -0.151. The first kappa shape index (κ1) is 15.3. The van der Waals surface area contributed by atoms with E-state index in [1.807, 2.05) is 6.07 Å². The van der Waals surface area contributed by atoms with Gasteiger partial charge in [0.2, 0.25) is 11.8 Å². The number of amides is 1. The maximum Gasteiger partial charge on any atom is 0.310 e. The fraction of sp³-hybridized carbons (Fsp3) is 0.533. The number of aromatic nitrogens is 1. The predicted molar refractivity (Wildman–Crippen MR) is 75.8 cm³/mol. The van der Waals surface area contributed by atoms with E-state index in [1.165, 1.54) is 7.11 Å². The number of rotatable bonds is 6. The van der Waals surface area contributed by atoms with Gasteiger partial charge in [0, 0.05) is 25.2 Å². The van der Waals surface area contributed by atoms with Gasteiger partial charge in [-0.1, -0.05) is 18.9 Å². The van der Waals surface area contributed by atoms with E-state index in [0.29, 0.717) is 25.3 Å². The van der Waals surface area contributed by atoms with Crippen molar-refractivity contribution in [3.05, 3.63) is 23.9 Å². The van der Waals surface area contributed by atoms with Crippen molar-refractivity contribution in [1.82, 2.24) is 10.3 Å². The Morgan fingerprint density at radius 3 is 2.62 bits per heavy atom. The Balaban J connectivity index is 1.87. The van der Waals surface area contributed by atoms with Gasteiger partial charge in [-0.15, -0.1) is 0 Å². The number of carbonyl (C=O) groups excluding carboxylic acids is 1. The third-order valence-electron chi connectivity index (χ3n) is 4.01. The van der Waals surface area contributed by atoms with E-state index in [1.54, 1.807) is 12.3 Å². The molecule has 0 radical (unpaired) electrons. The molecule has 2 N–H and O–H groups in total. The van der Waals surface area contributed by atoms with Crippen LogP contribution in [0.15, 0.2) is 18.3 Å². The molecule has 1 amide bonds. The molecule has 6 nitrogen and oxygen atoms in total. The second-order valence-corrected chi connectivity index (χ2v) is 5.45. The SMILES string of the molecule is COc1ccc(CNC(=O)CC2(C(=O)O)CCCC2)cn1. The van der Waals surface area contributed by atoms with Gasteiger partial charge in [-0.05, 0) is 18.4 Å². The summed E-state index contributed by atoms with van der Waals surface area (Å²) in [6.45, 7) is 0.339. The number of hydrogen-bond donors (Lipinski definition) is 2. The molecule has 1 fully saturated rings. The van der Waals surface area contributed by atoms with E-state index in [0.717, 1.165) is 18.4 Å². The largest absolute Gasteiger partial charge is 0.481 e. The molecule has 0 unspecified atom stereocenters. The Hall–Kier alpha value is -2.11. The summed E-state index contributed by atoms with van der Waals surface area (Å²) < 4.78 is 4.96. The van der Waals surface area contributed by atoms with Crippen molar-refractivity contribution in [2.24, 2.45) is 5.41 Å². The van der Waals surface area contributed by atoms with Gasteiger partial charge in [-0.2, -0.15) is 0 Å². The monoisotopic (exact) mass is 292 g/mol. The fourth-order valence-electron chi connectivity index (χ4n) is 2.72. The molecule has 114 valence electrons. The molecular weight excluding hydrogens is 272 g/mol. The molecule has 0 saturated heterocycles. The lowest BCUT2D eigenvalue weighted by Crippen LogP contribution is -2.35. The van der Waals surface area contributed by atoms with Crippen LogP contribution in [0.2, 0.25) is 0 Å². The Kier molecular flexibility index (Phi) is 4.77. The Bertz CT molecular complexity index is 507. The van der Waals surface area contributed by atoms with E-state index in [4.69, 9.17) is 4.74 Å². The summed E-state index contributed by atoms with van der Waals surface area (Å²) in [4.78, 5) is 27.4. The van der Waals surface area contributed by atoms with Gasteiger partial charge in [0.05, 0.1) is 12.5 Å². The number of carboxylic acid groups (broad SMARTS) is 1. The van der Waals surface area contributed by atoms with Crippen LogP contribution in [0.5, 0.6) is 5.88 Å². The first-order valence-corrected chi connectivity index (χ1v) is 7.05. The molecule has 1 saturated carbocycles. The minimum atomic E-state index is -0.873. The molecule has 1 heterocycles. The second-order valence-electron chi connectivity index (χ2n) is 5.45. The van der Waals surface area contributed by atoms with Crippen LogP contribution >= 0.6 is 0 Å². The third-order valence-corrected chi connectivity index (χ3v) is 4.01. The van der Waals surface area contributed by atoms with Crippen LogP contribution in [-0.2, 0) is 16.1 Å². The van der Waals surface area contributed by atoms with Crippen LogP contribution in [0.25, 0.3) is 0 Å². The van der Waals surface area contributed by atoms with Crippen LogP contribution in [-0.4, -0.2) is 29.1 Å². The number of carboxylic acids is 1. The van der Waals surface area contributed by atoms with Crippen LogP contribution in [0, 0.1) is 5.41 Å². The first-order chi connectivity index (χ1) is 10.1. The molecule has 6 heteroatoms. The number of nitrogens with one attached hydrogen (secondary N) is 1. The number of ether oxygens (including phenoxy) is 1. The molecule has 1 aromatic rings. The van der Waals surface area contributed by atoms with E-state index in [-0.39, 0.29) is 12.3 Å². The average molecular weight is 292 g/mol. The molecule has 0 bridgehead atoms. The van der Waals surface area contributed by atoms with Crippen LogP contribution < -0.4 is 10.1 Å². The van der Waals surface area contributed by atoms with Crippen molar-refractivity contribution >= 4 is 11.9 Å². The first-order valence-electron chi connectivity index (χ1n) is 7.05. The smallest absolute Gasteiger partial charge is 0.310 e. The van der Waals surface area contributed by atoms with Gasteiger partial charge in [0.1, 0.15) is 0 Å². The van der Waals surface area contributed by atoms with Crippen LogP contribution in [0.3, 0.4) is 0 Å². The fourth-order valence-corrected chi connectivity index (χ4v) is 2.72. The van der Waals surface area contributed by atoms with Crippen molar-refractivity contribution in [2.45, 2.75) is 38.6 Å². The summed E-state index contributed by atoms with van der Waals surface area (Å²) in [6.07, 6.45) is 4.59. The topological polar surface area (TPSA) is 88.5 Å². The highest BCUT2D eigenvalue weighted by Gasteiger charge is 2.42. The predicted octanol–water partition coefficient (Wildman–Crippen LogP) is 1.74. The lowest BCUT2D eigenvalue weighted by atomic mass is 9.82. The molecule has 0 aliphatic heterocycles. The number of carbonyl (C=O) groups is 2. The Labute approximate surface area is 123 Å². The van der Waals surface area contributed by atoms with Crippen molar-refractivity contribution < 1.29 is 19.4 Å². The Morgan fingerprint density at radius 2 is 2.10 bits per heavy atom. The molecule has 21 heavy (non-hydrogen) atoms. The summed E-state index contributed by atoms with van der Waals surface area (Å²) in [6, 6.07) is 3.53. The highest BCUT2D eigenvalue weighted by atomic mass is 16.5. The maximum absolute atomic E-state index is 12.0. The van der Waals surface area contributed by atoms with Crippen LogP contribution in [0.1, 0.15) is 37.7 Å². The summed E-state index contributed by atoms with van der Waals surface area (Å²) in [5.74, 6) is -0.572. The highest BCUT2D eigenvalue weighted by Crippen LogP contribution is 2.41. The normalized spacial score (nSPS) is 16.4. The van der Waals surface area contributed by atoms with Crippen molar-refractivity contribution in [2.75, 3.05) is 7.11 Å². The summed E-state index contributed by atoms with van der Waals surface area (Å²) >= 11 is 0. The molecule has 1 aliphatic carbocycles. The molecule has 1 aliphatic rings. The Morgan fingerprint density at radius 1 is 1.38 bits per heavy atom. The van der Waals surface area contributed by atoms with Crippen molar-refractivity contribution in [3.8, 4) is 5.88 Å². The van der Waals surface area contributed by atoms with Gasteiger partial charge in [-0.25, -0.2) is 4.98 Å². The van der Waals surface area contributed by atoms with Crippen molar-refractivity contribution in [1.29, 1.82) is 0 Å². The number of pyridine rings is 1. The van der Waals surface area contributed by atoms with E-state index in [9.17, 15) is 14.7 Å². The molecule has 0 aromatic carbocycles. The minimum absolute atomic E-state index is 0.0475. The summed E-state index contributed by atoms with van der Waals surface area (Å²) in [5, 5.41) is 12.1. The molecular formula is C15H20N2O4. The second kappa shape index (κ2) is 6.56. The van der Waals surface area contributed by atoms with Gasteiger partial charge >= 0.3 is 5.97 Å². The van der Waals surface area contributed by atoms with E-state index in [2.05, 4.69) is 10.3 Å². The zero-order valence-corrected chi connectivity index (χ0v) is 12.1. The zero-order valence-electron chi connectivity index (χ0n) is 12.1. The minimum Gasteiger partial charge on any atom is -0.481 e. The van der Waals surface area contributed by atoms with Gasteiger partial charge in [0.15, 0.2) is 0 Å². The standard InChI is InChI=1S/C15H20N2O4/c1-21-13-5-4-11(10-17-13)9-16-12(18)8-15(14(19)20)6-2-3-7-15/h4-5,10H,2-3,6-9H2,1H3,(H,16,18)(H,19,20). The molecule has 0 spiro atoms. The molecule has 2 rings (SSSR count). The number of hydrogen-bond acceptors (Lipinski definition) is 4. The van der Waals surface area contributed by atoms with Gasteiger partial charge < -0.3 is 15.2 Å². The highest BCUT2D eigenvalue weighted by molar-refractivity contribution is 5.85. The summed E-state index contributed by atoms with van der Waals surface area (Å²) in [5.41, 5.74) is -0.0256. The lowest BCUT2D eigenvalue weighted by Gasteiger charge is -2.22. The number of methoxy groups -OCH3 is 1.